The third kappa shape index (κ3) is 5.85. The van der Waals surface area contributed by atoms with Crippen molar-refractivity contribution in [1.82, 2.24) is 0 Å². The molecular formula is C16H19I3O5. The van der Waals surface area contributed by atoms with Gasteiger partial charge in [0, 0.05) is 3.57 Å². The van der Waals surface area contributed by atoms with Crippen LogP contribution in [-0.4, -0.2) is 28.8 Å². The lowest BCUT2D eigenvalue weighted by Gasteiger charge is -2.16. The molecule has 0 radical (unpaired) electrons. The normalized spacial score (nSPS) is 10.7. The second kappa shape index (κ2) is 11.0. The van der Waals surface area contributed by atoms with E-state index in [1.165, 1.54) is 19.3 Å². The van der Waals surface area contributed by atoms with Crippen LogP contribution in [0.15, 0.2) is 0 Å². The van der Waals surface area contributed by atoms with E-state index in [4.69, 9.17) is 4.74 Å². The number of hydrogen-bond acceptors (Lipinski definition) is 3. The molecule has 0 aliphatic heterocycles. The second-order valence-electron chi connectivity index (χ2n) is 5.25. The molecule has 0 unspecified atom stereocenters. The Balaban J connectivity index is 2.94. The highest BCUT2D eigenvalue weighted by Crippen LogP contribution is 2.37. The van der Waals surface area contributed by atoms with Crippen LogP contribution < -0.4 is 4.74 Å². The summed E-state index contributed by atoms with van der Waals surface area (Å²) in [4.78, 5) is 23.0. The van der Waals surface area contributed by atoms with Gasteiger partial charge in [0.1, 0.15) is 5.75 Å². The molecule has 1 aromatic rings. The van der Waals surface area contributed by atoms with Crippen LogP contribution in [0, 0.1) is 10.7 Å². The zero-order valence-electron chi connectivity index (χ0n) is 13.2. The topological polar surface area (TPSA) is 83.8 Å². The lowest BCUT2D eigenvalue weighted by molar-refractivity contribution is 0.0692. The van der Waals surface area contributed by atoms with Crippen molar-refractivity contribution in [3.8, 4) is 5.75 Å². The van der Waals surface area contributed by atoms with Gasteiger partial charge in [0.05, 0.1) is 24.9 Å². The Bertz CT molecular complexity index is 575. The predicted molar refractivity (Wildman–Crippen MR) is 117 cm³/mol. The summed E-state index contributed by atoms with van der Waals surface area (Å²) in [7, 11) is 0. The fourth-order valence-corrected chi connectivity index (χ4v) is 6.60. The molecule has 1 aromatic carbocycles. The molecule has 0 amide bonds. The lowest BCUT2D eigenvalue weighted by atomic mass is 10.1. The van der Waals surface area contributed by atoms with Gasteiger partial charge in [-0.2, -0.15) is 0 Å². The Labute approximate surface area is 182 Å². The average Bonchev–Trinajstić information content (AvgIpc) is 2.48. The molecule has 2 N–H and O–H groups in total. The van der Waals surface area contributed by atoms with Crippen LogP contribution in [0.4, 0.5) is 0 Å². The number of aromatic carboxylic acids is 2. The van der Waals surface area contributed by atoms with E-state index in [0.29, 0.717) is 19.5 Å². The Morgan fingerprint density at radius 2 is 1.29 bits per heavy atom. The van der Waals surface area contributed by atoms with E-state index in [1.807, 2.05) is 45.2 Å². The molecule has 0 aliphatic carbocycles. The van der Waals surface area contributed by atoms with E-state index in [1.54, 1.807) is 22.6 Å². The highest BCUT2D eigenvalue weighted by molar-refractivity contribution is 14.1. The van der Waals surface area contributed by atoms with Crippen molar-refractivity contribution in [1.29, 1.82) is 0 Å². The SMILES string of the molecule is CCCCCCCCOc1c(I)c(C(=O)O)c(I)c(C(=O)O)c1I. The molecule has 0 saturated heterocycles. The summed E-state index contributed by atoms with van der Waals surface area (Å²) in [5.74, 6) is -1.93. The van der Waals surface area contributed by atoms with Gasteiger partial charge in [-0.25, -0.2) is 9.59 Å². The Morgan fingerprint density at radius 3 is 1.75 bits per heavy atom. The van der Waals surface area contributed by atoms with Gasteiger partial charge in [-0.05, 0) is 74.2 Å². The third-order valence-electron chi connectivity index (χ3n) is 3.45. The van der Waals surface area contributed by atoms with Gasteiger partial charge in [-0.1, -0.05) is 39.0 Å². The van der Waals surface area contributed by atoms with Crippen LogP contribution in [0.3, 0.4) is 0 Å². The van der Waals surface area contributed by atoms with E-state index in [2.05, 4.69) is 6.92 Å². The fraction of sp³-hybridized carbons (Fsp3) is 0.500. The maximum Gasteiger partial charge on any atom is 0.338 e. The number of hydrogen-bond donors (Lipinski definition) is 2. The van der Waals surface area contributed by atoms with Crippen molar-refractivity contribution in [2.45, 2.75) is 45.4 Å². The van der Waals surface area contributed by atoms with Crippen LogP contribution >= 0.6 is 67.8 Å². The predicted octanol–water partition coefficient (Wildman–Crippen LogP) is 5.64. The molecule has 8 heteroatoms. The number of carbonyl (C=O) groups is 2. The Hall–Kier alpha value is 0.150. The van der Waals surface area contributed by atoms with Crippen molar-refractivity contribution in [3.63, 3.8) is 0 Å². The molecule has 0 aromatic heterocycles. The summed E-state index contributed by atoms with van der Waals surface area (Å²) in [6.45, 7) is 2.63. The van der Waals surface area contributed by atoms with E-state index >= 15 is 0 Å². The van der Waals surface area contributed by atoms with Crippen molar-refractivity contribution in [2.75, 3.05) is 6.61 Å². The number of carboxylic acid groups (broad SMARTS) is 2. The van der Waals surface area contributed by atoms with Crippen LogP contribution in [0.5, 0.6) is 5.75 Å². The van der Waals surface area contributed by atoms with Crippen molar-refractivity contribution in [3.05, 3.63) is 21.8 Å². The number of unbranched alkanes of at least 4 members (excludes halogenated alkanes) is 5. The summed E-state index contributed by atoms with van der Waals surface area (Å²) in [6, 6.07) is 0. The van der Waals surface area contributed by atoms with Gasteiger partial charge in [0.25, 0.3) is 0 Å². The molecule has 5 nitrogen and oxygen atoms in total. The number of rotatable bonds is 10. The third-order valence-corrected chi connectivity index (χ3v) is 6.59. The number of carboxylic acids is 2. The molecule has 0 bridgehead atoms. The van der Waals surface area contributed by atoms with E-state index in [-0.39, 0.29) is 14.7 Å². The van der Waals surface area contributed by atoms with Crippen LogP contribution in [0.2, 0.25) is 0 Å². The zero-order chi connectivity index (χ0) is 18.3. The summed E-state index contributed by atoms with van der Waals surface area (Å²) in [6.07, 6.45) is 6.71. The van der Waals surface area contributed by atoms with Gasteiger partial charge in [-0.15, -0.1) is 0 Å². The average molecular weight is 672 g/mol. The maximum atomic E-state index is 11.5. The summed E-state index contributed by atoms with van der Waals surface area (Å²) < 4.78 is 6.89. The number of halogens is 3. The number of ether oxygens (including phenoxy) is 1. The smallest absolute Gasteiger partial charge is 0.338 e. The summed E-state index contributed by atoms with van der Waals surface area (Å²) in [5.41, 5.74) is -0.0149. The highest BCUT2D eigenvalue weighted by atomic mass is 127. The first kappa shape index (κ1) is 22.2. The quantitative estimate of drug-likeness (QED) is 0.249. The Kier molecular flexibility index (Phi) is 10.2. The molecule has 0 saturated carbocycles. The molecule has 0 atom stereocenters. The summed E-state index contributed by atoms with van der Waals surface area (Å²) in [5, 5.41) is 18.8. The number of benzene rings is 1. The molecule has 24 heavy (non-hydrogen) atoms. The molecule has 0 fully saturated rings. The minimum absolute atomic E-state index is 0.00744. The standard InChI is InChI=1S/C16H19I3O5/c1-2-3-4-5-6-7-8-24-14-12(18)9(15(20)21)11(17)10(13(14)19)16(22)23/h2-8H2,1H3,(H,20,21)(H,22,23). The lowest BCUT2D eigenvalue weighted by Crippen LogP contribution is -2.15. The van der Waals surface area contributed by atoms with Crippen LogP contribution in [-0.2, 0) is 0 Å². The van der Waals surface area contributed by atoms with E-state index in [9.17, 15) is 19.8 Å². The first-order valence-electron chi connectivity index (χ1n) is 7.62. The molecular weight excluding hydrogens is 653 g/mol. The van der Waals surface area contributed by atoms with Gasteiger partial charge >= 0.3 is 11.9 Å². The maximum absolute atomic E-state index is 11.5. The van der Waals surface area contributed by atoms with Gasteiger partial charge < -0.3 is 14.9 Å². The highest BCUT2D eigenvalue weighted by Gasteiger charge is 2.28. The molecule has 1 rings (SSSR count). The second-order valence-corrected chi connectivity index (χ2v) is 8.48. The fourth-order valence-electron chi connectivity index (χ4n) is 2.20. The Morgan fingerprint density at radius 1 is 0.833 bits per heavy atom. The largest absolute Gasteiger partial charge is 0.491 e. The zero-order valence-corrected chi connectivity index (χ0v) is 19.7. The van der Waals surface area contributed by atoms with Crippen molar-refractivity contribution < 1.29 is 24.5 Å². The first-order chi connectivity index (χ1) is 11.3. The van der Waals surface area contributed by atoms with Crippen molar-refractivity contribution >= 4 is 79.7 Å². The van der Waals surface area contributed by atoms with Crippen LogP contribution in [0.1, 0.15) is 66.2 Å². The first-order valence-corrected chi connectivity index (χ1v) is 10.9. The minimum atomic E-state index is -1.15. The monoisotopic (exact) mass is 672 g/mol. The van der Waals surface area contributed by atoms with Gasteiger partial charge in [0.15, 0.2) is 0 Å². The molecule has 0 spiro atoms. The minimum Gasteiger partial charge on any atom is -0.491 e. The molecule has 0 heterocycles. The summed E-state index contributed by atoms with van der Waals surface area (Å²) >= 11 is 5.61. The van der Waals surface area contributed by atoms with Crippen LogP contribution in [0.25, 0.3) is 0 Å². The van der Waals surface area contributed by atoms with Gasteiger partial charge in [0.2, 0.25) is 0 Å². The van der Waals surface area contributed by atoms with E-state index < -0.39 is 11.9 Å². The molecule has 0 aliphatic rings. The van der Waals surface area contributed by atoms with E-state index in [0.717, 1.165) is 19.3 Å². The van der Waals surface area contributed by atoms with Gasteiger partial charge in [-0.3, -0.25) is 0 Å². The molecule has 134 valence electrons. The van der Waals surface area contributed by atoms with Crippen molar-refractivity contribution in [2.24, 2.45) is 0 Å².